The lowest BCUT2D eigenvalue weighted by Crippen LogP contribution is -2.16. The van der Waals surface area contributed by atoms with Crippen LogP contribution in [0, 0.1) is 12.7 Å². The third kappa shape index (κ3) is 3.91. The molecule has 0 amide bonds. The van der Waals surface area contributed by atoms with E-state index in [1.165, 1.54) is 12.1 Å². The van der Waals surface area contributed by atoms with E-state index in [4.69, 9.17) is 0 Å². The van der Waals surface area contributed by atoms with Crippen molar-refractivity contribution in [3.8, 4) is 0 Å². The van der Waals surface area contributed by atoms with Crippen LogP contribution >= 0.6 is 11.3 Å². The predicted octanol–water partition coefficient (Wildman–Crippen LogP) is 2.92. The van der Waals surface area contributed by atoms with Crippen molar-refractivity contribution >= 4 is 11.3 Å². The van der Waals surface area contributed by atoms with Crippen molar-refractivity contribution in [3.63, 3.8) is 0 Å². The van der Waals surface area contributed by atoms with Crippen molar-refractivity contribution in [1.29, 1.82) is 0 Å². The summed E-state index contributed by atoms with van der Waals surface area (Å²) in [6.07, 6.45) is 0.936. The summed E-state index contributed by atoms with van der Waals surface area (Å²) in [5.74, 6) is -0.188. The fourth-order valence-electron chi connectivity index (χ4n) is 1.57. The van der Waals surface area contributed by atoms with E-state index in [1.807, 2.05) is 6.92 Å². The van der Waals surface area contributed by atoms with Crippen LogP contribution in [0.2, 0.25) is 0 Å². The summed E-state index contributed by atoms with van der Waals surface area (Å²) in [7, 11) is 0. The average Bonchev–Trinajstić information content (AvgIpc) is 2.73. The van der Waals surface area contributed by atoms with Gasteiger partial charge in [-0.3, -0.25) is 0 Å². The second-order valence-corrected chi connectivity index (χ2v) is 4.97. The molecule has 2 aromatic rings. The van der Waals surface area contributed by atoms with E-state index < -0.39 is 0 Å². The van der Waals surface area contributed by atoms with Crippen LogP contribution in [0.5, 0.6) is 0 Å². The van der Waals surface area contributed by atoms with Crippen LogP contribution in [-0.4, -0.2) is 11.5 Å². The SMILES string of the molecule is Cc1nc(CCNCc2ccc(F)cc2)cs1. The normalized spacial score (nSPS) is 10.7. The Morgan fingerprint density at radius 2 is 2.06 bits per heavy atom. The Kier molecular flexibility index (Phi) is 4.23. The van der Waals surface area contributed by atoms with Crippen LogP contribution in [0.15, 0.2) is 29.6 Å². The maximum Gasteiger partial charge on any atom is 0.123 e. The number of rotatable bonds is 5. The molecule has 2 rings (SSSR count). The van der Waals surface area contributed by atoms with Crippen molar-refractivity contribution < 1.29 is 4.39 Å². The quantitative estimate of drug-likeness (QED) is 0.825. The number of thiazole rings is 1. The van der Waals surface area contributed by atoms with E-state index in [2.05, 4.69) is 15.7 Å². The number of benzene rings is 1. The summed E-state index contributed by atoms with van der Waals surface area (Å²) in [5.41, 5.74) is 2.24. The zero-order chi connectivity index (χ0) is 12.1. The smallest absolute Gasteiger partial charge is 0.123 e. The maximum absolute atomic E-state index is 12.7. The Bertz CT molecular complexity index is 465. The van der Waals surface area contributed by atoms with Gasteiger partial charge in [0.05, 0.1) is 10.7 Å². The van der Waals surface area contributed by atoms with Crippen LogP contribution in [-0.2, 0) is 13.0 Å². The first kappa shape index (κ1) is 12.2. The van der Waals surface area contributed by atoms with Gasteiger partial charge in [-0.15, -0.1) is 11.3 Å². The fourth-order valence-corrected chi connectivity index (χ4v) is 2.22. The first-order valence-corrected chi connectivity index (χ1v) is 6.48. The third-order valence-electron chi connectivity index (χ3n) is 2.47. The standard InChI is InChI=1S/C13H15FN2S/c1-10-16-13(9-17-10)6-7-15-8-11-2-4-12(14)5-3-11/h2-5,9,15H,6-8H2,1H3. The highest BCUT2D eigenvalue weighted by molar-refractivity contribution is 7.09. The second kappa shape index (κ2) is 5.89. The summed E-state index contributed by atoms with van der Waals surface area (Å²) >= 11 is 1.68. The first-order valence-electron chi connectivity index (χ1n) is 5.60. The van der Waals surface area contributed by atoms with E-state index in [0.717, 1.165) is 35.8 Å². The highest BCUT2D eigenvalue weighted by Crippen LogP contribution is 2.08. The van der Waals surface area contributed by atoms with Crippen LogP contribution in [0.1, 0.15) is 16.3 Å². The Morgan fingerprint density at radius 1 is 1.29 bits per heavy atom. The zero-order valence-corrected chi connectivity index (χ0v) is 10.6. The van der Waals surface area contributed by atoms with E-state index in [-0.39, 0.29) is 5.82 Å². The summed E-state index contributed by atoms with van der Waals surface area (Å²) in [4.78, 5) is 4.40. The van der Waals surface area contributed by atoms with Crippen molar-refractivity contribution in [2.45, 2.75) is 19.9 Å². The molecule has 0 radical (unpaired) electrons. The summed E-state index contributed by atoms with van der Waals surface area (Å²) in [6.45, 7) is 3.67. The molecular formula is C13H15FN2S. The Morgan fingerprint density at radius 3 is 2.71 bits per heavy atom. The van der Waals surface area contributed by atoms with Crippen molar-refractivity contribution in [2.24, 2.45) is 0 Å². The Balaban J connectivity index is 1.71. The van der Waals surface area contributed by atoms with E-state index in [0.29, 0.717) is 0 Å². The lowest BCUT2D eigenvalue weighted by Gasteiger charge is -2.03. The molecule has 0 unspecified atom stereocenters. The van der Waals surface area contributed by atoms with Crippen molar-refractivity contribution in [1.82, 2.24) is 10.3 Å². The number of halogens is 1. The lowest BCUT2D eigenvalue weighted by atomic mass is 10.2. The Labute approximate surface area is 105 Å². The van der Waals surface area contributed by atoms with Gasteiger partial charge >= 0.3 is 0 Å². The molecule has 0 saturated carbocycles. The first-order chi connectivity index (χ1) is 8.24. The monoisotopic (exact) mass is 250 g/mol. The largest absolute Gasteiger partial charge is 0.312 e. The van der Waals surface area contributed by atoms with Crippen LogP contribution in [0.3, 0.4) is 0 Å². The van der Waals surface area contributed by atoms with Crippen LogP contribution in [0.25, 0.3) is 0 Å². The highest BCUT2D eigenvalue weighted by Gasteiger charge is 1.98. The van der Waals surface area contributed by atoms with Crippen LogP contribution in [0.4, 0.5) is 4.39 Å². The average molecular weight is 250 g/mol. The molecule has 90 valence electrons. The van der Waals surface area contributed by atoms with E-state index in [9.17, 15) is 4.39 Å². The maximum atomic E-state index is 12.7. The van der Waals surface area contributed by atoms with Crippen molar-refractivity contribution in [3.05, 3.63) is 51.7 Å². The van der Waals surface area contributed by atoms with E-state index >= 15 is 0 Å². The van der Waals surface area contributed by atoms with Gasteiger partial charge in [-0.1, -0.05) is 12.1 Å². The van der Waals surface area contributed by atoms with Gasteiger partial charge in [0.15, 0.2) is 0 Å². The molecule has 0 fully saturated rings. The van der Waals surface area contributed by atoms with Gasteiger partial charge < -0.3 is 5.32 Å². The third-order valence-corrected chi connectivity index (χ3v) is 3.29. The topological polar surface area (TPSA) is 24.9 Å². The Hall–Kier alpha value is -1.26. The predicted molar refractivity (Wildman–Crippen MR) is 68.7 cm³/mol. The van der Waals surface area contributed by atoms with Gasteiger partial charge in [-0.25, -0.2) is 9.37 Å². The molecule has 17 heavy (non-hydrogen) atoms. The second-order valence-electron chi connectivity index (χ2n) is 3.91. The van der Waals surface area contributed by atoms with Gasteiger partial charge in [-0.2, -0.15) is 0 Å². The molecule has 0 spiro atoms. The molecule has 2 nitrogen and oxygen atoms in total. The number of nitrogens with zero attached hydrogens (tertiary/aromatic N) is 1. The molecule has 0 aliphatic heterocycles. The number of aryl methyl sites for hydroxylation is 1. The van der Waals surface area contributed by atoms with Crippen molar-refractivity contribution in [2.75, 3.05) is 6.54 Å². The summed E-state index contributed by atoms with van der Waals surface area (Å²) in [6, 6.07) is 6.58. The van der Waals surface area contributed by atoms with Gasteiger partial charge in [0.2, 0.25) is 0 Å². The van der Waals surface area contributed by atoms with Gasteiger partial charge in [0.25, 0.3) is 0 Å². The fraction of sp³-hybridized carbons (Fsp3) is 0.308. The molecule has 4 heteroatoms. The molecule has 0 bridgehead atoms. The number of nitrogens with one attached hydrogen (secondary N) is 1. The minimum Gasteiger partial charge on any atom is -0.312 e. The van der Waals surface area contributed by atoms with E-state index in [1.54, 1.807) is 23.5 Å². The molecular weight excluding hydrogens is 235 g/mol. The number of hydrogen-bond acceptors (Lipinski definition) is 3. The molecule has 0 saturated heterocycles. The van der Waals surface area contributed by atoms with Gasteiger partial charge in [-0.05, 0) is 24.6 Å². The zero-order valence-electron chi connectivity index (χ0n) is 9.74. The minimum atomic E-state index is -0.188. The molecule has 1 aromatic carbocycles. The molecule has 1 N–H and O–H groups in total. The number of hydrogen-bond donors (Lipinski definition) is 1. The van der Waals surface area contributed by atoms with Gasteiger partial charge in [0, 0.05) is 24.9 Å². The molecule has 0 atom stereocenters. The summed E-state index contributed by atoms with van der Waals surface area (Å²) < 4.78 is 12.7. The highest BCUT2D eigenvalue weighted by atomic mass is 32.1. The van der Waals surface area contributed by atoms with Gasteiger partial charge in [0.1, 0.15) is 5.82 Å². The molecule has 0 aliphatic carbocycles. The molecule has 1 aromatic heterocycles. The lowest BCUT2D eigenvalue weighted by molar-refractivity contribution is 0.624. The molecule has 0 aliphatic rings. The molecule has 1 heterocycles. The minimum absolute atomic E-state index is 0.188. The number of aromatic nitrogens is 1. The summed E-state index contributed by atoms with van der Waals surface area (Å²) in [5, 5.41) is 6.52. The van der Waals surface area contributed by atoms with Crippen LogP contribution < -0.4 is 5.32 Å².